The first-order chi connectivity index (χ1) is 7.61. The lowest BCUT2D eigenvalue weighted by Crippen LogP contribution is -1.91. The van der Waals surface area contributed by atoms with Gasteiger partial charge < -0.3 is 5.11 Å². The summed E-state index contributed by atoms with van der Waals surface area (Å²) in [5, 5.41) is 10.2. The summed E-state index contributed by atoms with van der Waals surface area (Å²) in [5.74, 6) is 0.398. The molecule has 0 spiro atoms. The summed E-state index contributed by atoms with van der Waals surface area (Å²) < 4.78 is 0. The van der Waals surface area contributed by atoms with Crippen LogP contribution in [0, 0.1) is 20.8 Å². The first-order valence-electron chi connectivity index (χ1n) is 5.46. The number of phenolic OH excluding ortho intramolecular Hbond substituents is 1. The Labute approximate surface area is 96.4 Å². The third-order valence-electron chi connectivity index (χ3n) is 3.07. The predicted molar refractivity (Wildman–Crippen MR) is 67.8 cm³/mol. The maximum atomic E-state index is 10.2. The summed E-state index contributed by atoms with van der Waals surface area (Å²) in [5.41, 5.74) is 5.33. The van der Waals surface area contributed by atoms with Gasteiger partial charge in [0, 0.05) is 5.56 Å². The van der Waals surface area contributed by atoms with Crippen LogP contribution in [0.15, 0.2) is 36.4 Å². The molecule has 0 amide bonds. The van der Waals surface area contributed by atoms with Gasteiger partial charge in [-0.05, 0) is 43.0 Å². The third kappa shape index (κ3) is 1.69. The summed E-state index contributed by atoms with van der Waals surface area (Å²) >= 11 is 0. The summed E-state index contributed by atoms with van der Waals surface area (Å²) in [7, 11) is 0. The van der Waals surface area contributed by atoms with Crippen LogP contribution in [-0.2, 0) is 0 Å². The van der Waals surface area contributed by atoms with E-state index in [-0.39, 0.29) is 0 Å². The van der Waals surface area contributed by atoms with Crippen molar-refractivity contribution in [1.29, 1.82) is 0 Å². The largest absolute Gasteiger partial charge is 0.507 e. The molecule has 1 nitrogen and oxygen atoms in total. The van der Waals surface area contributed by atoms with E-state index >= 15 is 0 Å². The zero-order valence-corrected chi connectivity index (χ0v) is 9.91. The van der Waals surface area contributed by atoms with Gasteiger partial charge in [0.15, 0.2) is 0 Å². The zero-order valence-electron chi connectivity index (χ0n) is 9.91. The molecular weight excluding hydrogens is 196 g/mol. The molecule has 0 radical (unpaired) electrons. The van der Waals surface area contributed by atoms with E-state index < -0.39 is 0 Å². The second-order valence-electron chi connectivity index (χ2n) is 4.22. The van der Waals surface area contributed by atoms with Crippen LogP contribution in [-0.4, -0.2) is 5.11 Å². The van der Waals surface area contributed by atoms with Gasteiger partial charge in [-0.1, -0.05) is 36.4 Å². The molecule has 2 rings (SSSR count). The number of rotatable bonds is 1. The molecule has 0 heterocycles. The average molecular weight is 212 g/mol. The van der Waals surface area contributed by atoms with Crippen molar-refractivity contribution in [1.82, 2.24) is 0 Å². The lowest BCUT2D eigenvalue weighted by atomic mass is 9.93. The van der Waals surface area contributed by atoms with Gasteiger partial charge in [0.25, 0.3) is 0 Å². The highest BCUT2D eigenvalue weighted by Gasteiger charge is 2.11. The Hall–Kier alpha value is -1.76. The monoisotopic (exact) mass is 212 g/mol. The maximum absolute atomic E-state index is 10.2. The van der Waals surface area contributed by atoms with Crippen LogP contribution in [0.2, 0.25) is 0 Å². The first kappa shape index (κ1) is 10.7. The van der Waals surface area contributed by atoms with Crippen molar-refractivity contribution >= 4 is 0 Å². The lowest BCUT2D eigenvalue weighted by Gasteiger charge is -2.13. The van der Waals surface area contributed by atoms with E-state index in [0.717, 1.165) is 22.3 Å². The number of benzene rings is 2. The molecule has 0 unspecified atom stereocenters. The second-order valence-corrected chi connectivity index (χ2v) is 4.22. The molecule has 1 heteroatoms. The number of aromatic hydroxyl groups is 1. The Morgan fingerprint density at radius 1 is 0.875 bits per heavy atom. The molecule has 2 aromatic carbocycles. The minimum Gasteiger partial charge on any atom is -0.507 e. The third-order valence-corrected chi connectivity index (χ3v) is 3.07. The van der Waals surface area contributed by atoms with E-state index in [0.29, 0.717) is 5.75 Å². The fraction of sp³-hybridized carbons (Fsp3) is 0.200. The highest BCUT2D eigenvalue weighted by Crippen LogP contribution is 2.36. The Balaban J connectivity index is 2.74. The van der Waals surface area contributed by atoms with Crippen LogP contribution >= 0.6 is 0 Å². The summed E-state index contributed by atoms with van der Waals surface area (Å²) in [4.78, 5) is 0. The van der Waals surface area contributed by atoms with Crippen LogP contribution in [0.25, 0.3) is 11.1 Å². The molecule has 0 atom stereocenters. The summed E-state index contributed by atoms with van der Waals surface area (Å²) in [6.07, 6.45) is 0. The normalized spacial score (nSPS) is 10.4. The second kappa shape index (κ2) is 4.01. The minimum atomic E-state index is 0.398. The van der Waals surface area contributed by atoms with Gasteiger partial charge in [0.05, 0.1) is 0 Å². The van der Waals surface area contributed by atoms with Crippen molar-refractivity contribution in [2.75, 3.05) is 0 Å². The molecule has 0 saturated heterocycles. The van der Waals surface area contributed by atoms with Gasteiger partial charge in [-0.25, -0.2) is 0 Å². The highest BCUT2D eigenvalue weighted by atomic mass is 16.3. The molecular formula is C15H16O. The maximum Gasteiger partial charge on any atom is 0.126 e. The van der Waals surface area contributed by atoms with Crippen molar-refractivity contribution in [3.05, 3.63) is 53.1 Å². The SMILES string of the molecule is Cc1cc(C)c(O)c(-c2ccccc2)c1C. The van der Waals surface area contributed by atoms with E-state index in [2.05, 4.69) is 13.8 Å². The molecule has 0 fully saturated rings. The predicted octanol–water partition coefficient (Wildman–Crippen LogP) is 3.98. The highest BCUT2D eigenvalue weighted by molar-refractivity contribution is 5.76. The van der Waals surface area contributed by atoms with E-state index in [1.165, 1.54) is 5.56 Å². The van der Waals surface area contributed by atoms with Gasteiger partial charge in [-0.2, -0.15) is 0 Å². The standard InChI is InChI=1S/C15H16O/c1-10-9-11(2)15(16)14(12(10)3)13-7-5-4-6-8-13/h4-9,16H,1-3H3. The topological polar surface area (TPSA) is 20.2 Å². The average Bonchev–Trinajstić information content (AvgIpc) is 2.28. The summed E-state index contributed by atoms with van der Waals surface area (Å²) in [6.45, 7) is 6.07. The molecule has 0 saturated carbocycles. The molecule has 0 aromatic heterocycles. The summed E-state index contributed by atoms with van der Waals surface area (Å²) in [6, 6.07) is 12.1. The van der Waals surface area contributed by atoms with Gasteiger partial charge in [-0.15, -0.1) is 0 Å². The number of hydrogen-bond donors (Lipinski definition) is 1. The molecule has 0 aliphatic rings. The van der Waals surface area contributed by atoms with Crippen molar-refractivity contribution in [2.45, 2.75) is 20.8 Å². The van der Waals surface area contributed by atoms with E-state index in [1.54, 1.807) is 0 Å². The molecule has 16 heavy (non-hydrogen) atoms. The Morgan fingerprint density at radius 3 is 2.12 bits per heavy atom. The number of aryl methyl sites for hydroxylation is 2. The Kier molecular flexibility index (Phi) is 2.69. The zero-order chi connectivity index (χ0) is 11.7. The molecule has 0 bridgehead atoms. The van der Waals surface area contributed by atoms with Gasteiger partial charge in [0.2, 0.25) is 0 Å². The van der Waals surface area contributed by atoms with Crippen LogP contribution in [0.3, 0.4) is 0 Å². The van der Waals surface area contributed by atoms with Crippen molar-refractivity contribution in [3.8, 4) is 16.9 Å². The van der Waals surface area contributed by atoms with E-state index in [9.17, 15) is 5.11 Å². The van der Waals surface area contributed by atoms with E-state index in [4.69, 9.17) is 0 Å². The first-order valence-corrected chi connectivity index (χ1v) is 5.46. The molecule has 0 aliphatic carbocycles. The van der Waals surface area contributed by atoms with Crippen LogP contribution in [0.4, 0.5) is 0 Å². The van der Waals surface area contributed by atoms with Gasteiger partial charge >= 0.3 is 0 Å². The Bertz CT molecular complexity index is 486. The van der Waals surface area contributed by atoms with Crippen molar-refractivity contribution in [2.24, 2.45) is 0 Å². The number of hydrogen-bond acceptors (Lipinski definition) is 1. The van der Waals surface area contributed by atoms with Gasteiger partial charge in [-0.3, -0.25) is 0 Å². The van der Waals surface area contributed by atoms with Gasteiger partial charge in [0.1, 0.15) is 5.75 Å². The molecule has 0 aliphatic heterocycles. The lowest BCUT2D eigenvalue weighted by molar-refractivity contribution is 0.472. The molecule has 82 valence electrons. The van der Waals surface area contributed by atoms with Crippen LogP contribution in [0.1, 0.15) is 16.7 Å². The Morgan fingerprint density at radius 2 is 1.50 bits per heavy atom. The van der Waals surface area contributed by atoms with Crippen LogP contribution in [0.5, 0.6) is 5.75 Å². The minimum absolute atomic E-state index is 0.398. The number of phenols is 1. The van der Waals surface area contributed by atoms with Crippen molar-refractivity contribution in [3.63, 3.8) is 0 Å². The quantitative estimate of drug-likeness (QED) is 0.758. The van der Waals surface area contributed by atoms with E-state index in [1.807, 2.05) is 43.3 Å². The van der Waals surface area contributed by atoms with Crippen LogP contribution < -0.4 is 0 Å². The fourth-order valence-electron chi connectivity index (χ4n) is 2.03. The van der Waals surface area contributed by atoms with Crippen molar-refractivity contribution < 1.29 is 5.11 Å². The fourth-order valence-corrected chi connectivity index (χ4v) is 2.03. The molecule has 1 N–H and O–H groups in total. The molecule has 2 aromatic rings. The smallest absolute Gasteiger partial charge is 0.126 e.